The van der Waals surface area contributed by atoms with Gasteiger partial charge in [0.2, 0.25) is 0 Å². The van der Waals surface area contributed by atoms with Gasteiger partial charge in [0.15, 0.2) is 11.5 Å². The molecule has 0 aliphatic heterocycles. The van der Waals surface area contributed by atoms with Crippen LogP contribution in [-0.2, 0) is 6.61 Å². The lowest BCUT2D eigenvalue weighted by Crippen LogP contribution is -2.38. The molecule has 2 aromatic rings. The summed E-state index contributed by atoms with van der Waals surface area (Å²) in [4.78, 5) is 12.4. The van der Waals surface area contributed by atoms with E-state index in [9.17, 15) is 4.79 Å². The Bertz CT molecular complexity index is 743. The molecule has 1 heterocycles. The number of nitrogens with zero attached hydrogens (tertiary/aromatic N) is 1. The third kappa shape index (κ3) is 3.70. The molecule has 5 heteroatoms. The lowest BCUT2D eigenvalue weighted by molar-refractivity contribution is 0.0916. The molecule has 2 saturated carbocycles. The van der Waals surface area contributed by atoms with Crippen LogP contribution in [-0.4, -0.2) is 17.1 Å². The molecule has 25 heavy (non-hydrogen) atoms. The van der Waals surface area contributed by atoms with Gasteiger partial charge in [-0.15, -0.1) is 0 Å². The first kappa shape index (κ1) is 16.2. The third-order valence-corrected chi connectivity index (χ3v) is 5.12. The van der Waals surface area contributed by atoms with Crippen LogP contribution in [0.4, 0.5) is 0 Å². The van der Waals surface area contributed by atoms with Gasteiger partial charge in [0, 0.05) is 12.1 Å². The number of ether oxygens (including phenoxy) is 1. The van der Waals surface area contributed by atoms with Gasteiger partial charge in [0.25, 0.3) is 5.91 Å². The Labute approximate surface area is 147 Å². The van der Waals surface area contributed by atoms with Crippen LogP contribution in [0.1, 0.15) is 53.1 Å². The van der Waals surface area contributed by atoms with Crippen molar-refractivity contribution >= 4 is 5.91 Å². The number of rotatable bonds is 7. The van der Waals surface area contributed by atoms with Crippen LogP contribution in [0, 0.1) is 25.7 Å². The average Bonchev–Trinajstić information content (AvgIpc) is 3.51. The van der Waals surface area contributed by atoms with Crippen molar-refractivity contribution < 1.29 is 14.1 Å². The quantitative estimate of drug-likeness (QED) is 0.833. The van der Waals surface area contributed by atoms with E-state index in [1.54, 1.807) is 6.07 Å². The summed E-state index contributed by atoms with van der Waals surface area (Å²) in [6.07, 6.45) is 4.93. The zero-order valence-corrected chi connectivity index (χ0v) is 14.7. The zero-order chi connectivity index (χ0) is 17.4. The predicted molar refractivity (Wildman–Crippen MR) is 93.5 cm³/mol. The maximum absolute atomic E-state index is 12.4. The van der Waals surface area contributed by atoms with Crippen LogP contribution in [0.25, 0.3) is 0 Å². The predicted octanol–water partition coefficient (Wildman–Crippen LogP) is 3.79. The van der Waals surface area contributed by atoms with Gasteiger partial charge in [0.1, 0.15) is 12.4 Å². The number of nitrogens with one attached hydrogen (secondary N) is 1. The highest BCUT2D eigenvalue weighted by atomic mass is 16.5. The number of benzene rings is 1. The van der Waals surface area contributed by atoms with Gasteiger partial charge in [-0.1, -0.05) is 23.4 Å². The molecule has 0 radical (unpaired) electrons. The molecule has 0 saturated heterocycles. The van der Waals surface area contributed by atoms with Crippen LogP contribution in [0.2, 0.25) is 0 Å². The fraction of sp³-hybridized carbons (Fsp3) is 0.500. The summed E-state index contributed by atoms with van der Waals surface area (Å²) in [7, 11) is 0. The monoisotopic (exact) mass is 340 g/mol. The lowest BCUT2D eigenvalue weighted by atomic mass is 10.1. The average molecular weight is 340 g/mol. The van der Waals surface area contributed by atoms with E-state index < -0.39 is 0 Å². The van der Waals surface area contributed by atoms with Crippen molar-refractivity contribution in [2.45, 2.75) is 52.2 Å². The molecule has 5 nitrogen and oxygen atoms in total. The molecule has 2 aliphatic rings. The van der Waals surface area contributed by atoms with Crippen molar-refractivity contribution in [2.24, 2.45) is 11.8 Å². The second-order valence-corrected chi connectivity index (χ2v) is 7.36. The maximum Gasteiger partial charge on any atom is 0.273 e. The van der Waals surface area contributed by atoms with Crippen LogP contribution in [0.15, 0.2) is 28.8 Å². The molecule has 0 bridgehead atoms. The summed E-state index contributed by atoms with van der Waals surface area (Å²) in [5, 5.41) is 7.08. The van der Waals surface area contributed by atoms with E-state index in [2.05, 4.69) is 10.5 Å². The van der Waals surface area contributed by atoms with Crippen LogP contribution in [0.5, 0.6) is 5.75 Å². The van der Waals surface area contributed by atoms with Gasteiger partial charge in [-0.25, -0.2) is 0 Å². The second kappa shape index (κ2) is 6.54. The number of hydrogen-bond donors (Lipinski definition) is 1. The smallest absolute Gasteiger partial charge is 0.273 e. The van der Waals surface area contributed by atoms with Crippen molar-refractivity contribution in [3.8, 4) is 5.75 Å². The molecule has 0 atom stereocenters. The minimum absolute atomic E-state index is 0.133. The summed E-state index contributed by atoms with van der Waals surface area (Å²) >= 11 is 0. The lowest BCUT2D eigenvalue weighted by Gasteiger charge is -2.16. The summed E-state index contributed by atoms with van der Waals surface area (Å²) in [5.41, 5.74) is 2.50. The van der Waals surface area contributed by atoms with Crippen molar-refractivity contribution in [1.82, 2.24) is 10.5 Å². The van der Waals surface area contributed by atoms with Crippen molar-refractivity contribution in [1.29, 1.82) is 0 Å². The van der Waals surface area contributed by atoms with Gasteiger partial charge in [-0.2, -0.15) is 0 Å². The van der Waals surface area contributed by atoms with Gasteiger partial charge in [0.05, 0.1) is 0 Å². The van der Waals surface area contributed by atoms with Gasteiger partial charge >= 0.3 is 0 Å². The molecule has 1 aromatic heterocycles. The number of carbonyl (C=O) groups is 1. The van der Waals surface area contributed by atoms with E-state index in [-0.39, 0.29) is 12.5 Å². The van der Waals surface area contributed by atoms with Crippen molar-refractivity contribution in [2.75, 3.05) is 0 Å². The Morgan fingerprint density at radius 2 is 1.88 bits per heavy atom. The molecule has 1 aromatic carbocycles. The molecule has 4 rings (SSSR count). The summed E-state index contributed by atoms with van der Waals surface area (Å²) in [6.45, 7) is 4.29. The topological polar surface area (TPSA) is 64.4 Å². The van der Waals surface area contributed by atoms with Crippen molar-refractivity contribution in [3.63, 3.8) is 0 Å². The van der Waals surface area contributed by atoms with E-state index in [0.717, 1.165) is 16.9 Å². The fourth-order valence-corrected chi connectivity index (χ4v) is 3.41. The van der Waals surface area contributed by atoms with Gasteiger partial charge < -0.3 is 14.6 Å². The normalized spacial score (nSPS) is 16.9. The summed E-state index contributed by atoms with van der Waals surface area (Å²) in [5.74, 6) is 2.60. The molecular weight excluding hydrogens is 316 g/mol. The summed E-state index contributed by atoms with van der Waals surface area (Å²) in [6, 6.07) is 8.03. The minimum atomic E-state index is -0.133. The first-order valence-corrected chi connectivity index (χ1v) is 9.07. The van der Waals surface area contributed by atoms with E-state index in [0.29, 0.717) is 29.3 Å². The van der Waals surface area contributed by atoms with E-state index in [4.69, 9.17) is 9.26 Å². The fourth-order valence-electron chi connectivity index (χ4n) is 3.41. The number of hydrogen-bond acceptors (Lipinski definition) is 4. The highest BCUT2D eigenvalue weighted by molar-refractivity contribution is 5.92. The molecule has 2 fully saturated rings. The molecular formula is C20H24N2O3. The Morgan fingerprint density at radius 1 is 1.24 bits per heavy atom. The number of para-hydroxylation sites is 1. The maximum atomic E-state index is 12.4. The zero-order valence-electron chi connectivity index (χ0n) is 14.7. The van der Waals surface area contributed by atoms with Gasteiger partial charge in [-0.3, -0.25) is 4.79 Å². The number of aryl methyl sites for hydroxylation is 2. The van der Waals surface area contributed by atoms with Crippen LogP contribution < -0.4 is 10.1 Å². The van der Waals surface area contributed by atoms with E-state index >= 15 is 0 Å². The largest absolute Gasteiger partial charge is 0.485 e. The molecule has 132 valence electrons. The Balaban J connectivity index is 1.37. The van der Waals surface area contributed by atoms with Crippen LogP contribution in [0.3, 0.4) is 0 Å². The molecule has 0 unspecified atom stereocenters. The molecule has 0 spiro atoms. The second-order valence-electron chi connectivity index (χ2n) is 7.36. The first-order chi connectivity index (χ1) is 12.1. The first-order valence-electron chi connectivity index (χ1n) is 9.07. The van der Waals surface area contributed by atoms with Gasteiger partial charge in [-0.05, 0) is 62.5 Å². The highest BCUT2D eigenvalue weighted by Gasteiger charge is 2.42. The number of amides is 1. The van der Waals surface area contributed by atoms with Crippen molar-refractivity contribution in [3.05, 3.63) is 46.8 Å². The van der Waals surface area contributed by atoms with Crippen LogP contribution >= 0.6 is 0 Å². The summed E-state index contributed by atoms with van der Waals surface area (Å²) < 4.78 is 11.1. The Kier molecular flexibility index (Phi) is 4.24. The minimum Gasteiger partial charge on any atom is -0.485 e. The van der Waals surface area contributed by atoms with E-state index in [1.807, 2.05) is 32.0 Å². The molecule has 1 N–H and O–H groups in total. The molecule has 1 amide bonds. The number of carbonyl (C=O) groups excluding carboxylic acids is 1. The number of aromatic nitrogens is 1. The SMILES string of the molecule is Cc1cccc(C)c1OCc1cc(C(=O)NC(C2CC2)C2CC2)no1. The standard InChI is InChI=1S/C20H24N2O3/c1-12-4-3-5-13(2)19(12)24-11-16-10-17(22-25-16)20(23)21-18(14-6-7-14)15-8-9-15/h3-5,10,14-15,18H,6-9,11H2,1-2H3,(H,21,23). The molecule has 2 aliphatic carbocycles. The third-order valence-electron chi connectivity index (χ3n) is 5.12. The highest BCUT2D eigenvalue weighted by Crippen LogP contribution is 2.44. The Hall–Kier alpha value is -2.30. The van der Waals surface area contributed by atoms with E-state index in [1.165, 1.54) is 25.7 Å². The Morgan fingerprint density at radius 3 is 2.48 bits per heavy atom.